The lowest BCUT2D eigenvalue weighted by molar-refractivity contribution is -0.138. The van der Waals surface area contributed by atoms with Gasteiger partial charge in [-0.15, -0.1) is 0 Å². The molecule has 3 rings (SSSR count). The standard InChI is InChI=1S/C24H31NO5/c1-4-15(12-16-7-5-6-8-19(16)27)9-10-20(28)21-14(2)11-17-22(18(21)13-26)24(30)25(3)23(17)29/h5-8,12,17-18,20,22,26-28H,4,9-11,13H2,1-3H3/b15-12+/t17-,18+,20-,22-/m1/s1. The average Bonchev–Trinajstić information content (AvgIpc) is 2.95. The molecule has 1 fully saturated rings. The van der Waals surface area contributed by atoms with Crippen molar-refractivity contribution in [3.05, 3.63) is 46.5 Å². The molecule has 162 valence electrons. The molecule has 0 bridgehead atoms. The summed E-state index contributed by atoms with van der Waals surface area (Å²) >= 11 is 0. The molecule has 0 saturated carbocycles. The van der Waals surface area contributed by atoms with E-state index in [9.17, 15) is 24.9 Å². The van der Waals surface area contributed by atoms with Crippen LogP contribution in [0.25, 0.3) is 6.08 Å². The number of amides is 2. The minimum absolute atomic E-state index is 0.199. The Morgan fingerprint density at radius 3 is 2.60 bits per heavy atom. The minimum atomic E-state index is -0.795. The molecule has 0 unspecified atom stereocenters. The Morgan fingerprint density at radius 2 is 1.97 bits per heavy atom. The van der Waals surface area contributed by atoms with Gasteiger partial charge in [0, 0.05) is 18.5 Å². The maximum atomic E-state index is 12.6. The number of phenolic OH excluding ortho intramolecular Hbond substituents is 1. The first-order valence-electron chi connectivity index (χ1n) is 10.6. The van der Waals surface area contributed by atoms with Crippen molar-refractivity contribution >= 4 is 17.9 Å². The molecule has 1 heterocycles. The lowest BCUT2D eigenvalue weighted by Crippen LogP contribution is -2.38. The van der Waals surface area contributed by atoms with Gasteiger partial charge in [-0.2, -0.15) is 0 Å². The Labute approximate surface area is 177 Å². The predicted molar refractivity (Wildman–Crippen MR) is 114 cm³/mol. The second-order valence-electron chi connectivity index (χ2n) is 8.37. The Hall–Kier alpha value is -2.44. The van der Waals surface area contributed by atoms with Crippen molar-refractivity contribution in [3.63, 3.8) is 0 Å². The van der Waals surface area contributed by atoms with Gasteiger partial charge in [0.15, 0.2) is 0 Å². The molecule has 6 nitrogen and oxygen atoms in total. The number of imide groups is 1. The third kappa shape index (κ3) is 4.07. The highest BCUT2D eigenvalue weighted by Gasteiger charge is 2.53. The van der Waals surface area contributed by atoms with Crippen molar-refractivity contribution in [3.8, 4) is 5.75 Å². The number of benzene rings is 1. The predicted octanol–water partition coefficient (Wildman–Crippen LogP) is 2.89. The lowest BCUT2D eigenvalue weighted by Gasteiger charge is -2.35. The van der Waals surface area contributed by atoms with Gasteiger partial charge in [0.1, 0.15) is 5.75 Å². The number of aliphatic hydroxyl groups is 2. The third-order valence-electron chi connectivity index (χ3n) is 6.59. The third-order valence-corrected chi connectivity index (χ3v) is 6.59. The van der Waals surface area contributed by atoms with Gasteiger partial charge in [-0.05, 0) is 44.2 Å². The Morgan fingerprint density at radius 1 is 1.27 bits per heavy atom. The molecule has 30 heavy (non-hydrogen) atoms. The van der Waals surface area contributed by atoms with Gasteiger partial charge in [0.2, 0.25) is 11.8 Å². The maximum Gasteiger partial charge on any atom is 0.233 e. The average molecular weight is 414 g/mol. The van der Waals surface area contributed by atoms with Crippen LogP contribution >= 0.6 is 0 Å². The van der Waals surface area contributed by atoms with Gasteiger partial charge in [-0.3, -0.25) is 14.5 Å². The van der Waals surface area contributed by atoms with Gasteiger partial charge < -0.3 is 15.3 Å². The molecule has 0 aromatic heterocycles. The summed E-state index contributed by atoms with van der Waals surface area (Å²) < 4.78 is 0. The summed E-state index contributed by atoms with van der Waals surface area (Å²) in [5.74, 6) is -1.82. The minimum Gasteiger partial charge on any atom is -0.507 e. The fourth-order valence-corrected chi connectivity index (χ4v) is 4.93. The van der Waals surface area contributed by atoms with Gasteiger partial charge in [0.25, 0.3) is 0 Å². The summed E-state index contributed by atoms with van der Waals surface area (Å²) in [5.41, 5.74) is 3.43. The molecule has 1 aliphatic heterocycles. The number of hydrogen-bond acceptors (Lipinski definition) is 5. The number of fused-ring (bicyclic) bond motifs is 1. The lowest BCUT2D eigenvalue weighted by atomic mass is 9.68. The highest BCUT2D eigenvalue weighted by molar-refractivity contribution is 6.05. The van der Waals surface area contributed by atoms with Crippen LogP contribution in [-0.2, 0) is 9.59 Å². The summed E-state index contributed by atoms with van der Waals surface area (Å²) in [5, 5.41) is 31.0. The van der Waals surface area contributed by atoms with Crippen molar-refractivity contribution < 1.29 is 24.9 Å². The monoisotopic (exact) mass is 413 g/mol. The van der Waals surface area contributed by atoms with Gasteiger partial charge in [-0.1, -0.05) is 42.3 Å². The van der Waals surface area contributed by atoms with Crippen LogP contribution in [0, 0.1) is 17.8 Å². The second-order valence-corrected chi connectivity index (χ2v) is 8.37. The molecule has 1 saturated heterocycles. The molecular weight excluding hydrogens is 382 g/mol. The fraction of sp³-hybridized carbons (Fsp3) is 0.500. The highest BCUT2D eigenvalue weighted by Crippen LogP contribution is 2.45. The summed E-state index contributed by atoms with van der Waals surface area (Å²) in [6, 6.07) is 7.12. The number of aliphatic hydroxyl groups excluding tert-OH is 2. The summed E-state index contributed by atoms with van der Waals surface area (Å²) in [6.07, 6.45) is 3.45. The first-order valence-corrected chi connectivity index (χ1v) is 10.6. The van der Waals surface area contributed by atoms with E-state index in [1.165, 1.54) is 7.05 Å². The van der Waals surface area contributed by atoms with E-state index >= 15 is 0 Å². The van der Waals surface area contributed by atoms with Crippen LogP contribution in [-0.4, -0.2) is 51.8 Å². The first kappa shape index (κ1) is 22.2. The SMILES string of the molecule is CC/C(=C\c1ccccc1O)CC[C@@H](O)C1=C(C)C[C@H]2C(=O)N(C)C(=O)[C@H]2[C@H]1CO. The van der Waals surface area contributed by atoms with E-state index in [0.29, 0.717) is 24.8 Å². The topological polar surface area (TPSA) is 98.1 Å². The van der Waals surface area contributed by atoms with Crippen LogP contribution in [0.3, 0.4) is 0 Å². The number of carbonyl (C=O) groups is 2. The van der Waals surface area contributed by atoms with Crippen molar-refractivity contribution in [2.24, 2.45) is 17.8 Å². The zero-order valence-electron chi connectivity index (χ0n) is 17.8. The number of hydrogen-bond donors (Lipinski definition) is 3. The number of nitrogens with zero attached hydrogens (tertiary/aromatic N) is 1. The molecule has 1 aliphatic carbocycles. The molecule has 1 aromatic carbocycles. The number of carbonyl (C=O) groups excluding carboxylic acids is 2. The van der Waals surface area contributed by atoms with Crippen molar-refractivity contribution in [1.29, 1.82) is 0 Å². The molecular formula is C24H31NO5. The Bertz CT molecular complexity index is 887. The van der Waals surface area contributed by atoms with Crippen LogP contribution in [0.1, 0.15) is 45.1 Å². The summed E-state index contributed by atoms with van der Waals surface area (Å²) in [7, 11) is 1.49. The van der Waals surface area contributed by atoms with Gasteiger partial charge in [0.05, 0.1) is 24.5 Å². The Kier molecular flexibility index (Phi) is 6.78. The highest BCUT2D eigenvalue weighted by atomic mass is 16.3. The molecule has 3 N–H and O–H groups in total. The number of phenols is 1. The maximum absolute atomic E-state index is 12.6. The number of para-hydroxylation sites is 1. The first-order chi connectivity index (χ1) is 14.3. The van der Waals surface area contributed by atoms with Crippen LogP contribution in [0.4, 0.5) is 0 Å². The molecule has 4 atom stereocenters. The number of allylic oxidation sites excluding steroid dienone is 2. The van der Waals surface area contributed by atoms with Crippen molar-refractivity contribution in [1.82, 2.24) is 4.90 Å². The van der Waals surface area contributed by atoms with Crippen LogP contribution in [0.2, 0.25) is 0 Å². The summed E-state index contributed by atoms with van der Waals surface area (Å²) in [6.45, 7) is 3.64. The number of likely N-dealkylation sites (tertiary alicyclic amines) is 1. The number of rotatable bonds is 7. The zero-order valence-corrected chi connectivity index (χ0v) is 17.8. The van der Waals surface area contributed by atoms with E-state index in [0.717, 1.165) is 28.0 Å². The Balaban J connectivity index is 1.78. The normalized spacial score (nSPS) is 25.7. The molecule has 2 aliphatic rings. The fourth-order valence-electron chi connectivity index (χ4n) is 4.93. The molecule has 1 aromatic rings. The molecule has 0 radical (unpaired) electrons. The van der Waals surface area contributed by atoms with E-state index in [2.05, 4.69) is 0 Å². The van der Waals surface area contributed by atoms with E-state index in [1.54, 1.807) is 12.1 Å². The van der Waals surface area contributed by atoms with Crippen molar-refractivity contribution in [2.45, 2.75) is 45.6 Å². The molecule has 0 spiro atoms. The smallest absolute Gasteiger partial charge is 0.233 e. The van der Waals surface area contributed by atoms with Gasteiger partial charge >= 0.3 is 0 Å². The van der Waals surface area contributed by atoms with E-state index in [4.69, 9.17) is 0 Å². The second kappa shape index (κ2) is 9.14. The molecule has 6 heteroatoms. The largest absolute Gasteiger partial charge is 0.507 e. The van der Waals surface area contributed by atoms with Crippen molar-refractivity contribution in [2.75, 3.05) is 13.7 Å². The van der Waals surface area contributed by atoms with E-state index in [-0.39, 0.29) is 24.2 Å². The molecule has 2 amide bonds. The zero-order chi connectivity index (χ0) is 22.0. The van der Waals surface area contributed by atoms with Crippen LogP contribution in [0.5, 0.6) is 5.75 Å². The van der Waals surface area contributed by atoms with Crippen LogP contribution < -0.4 is 0 Å². The quantitative estimate of drug-likeness (QED) is 0.472. The van der Waals surface area contributed by atoms with E-state index < -0.39 is 23.9 Å². The number of aromatic hydroxyl groups is 1. The van der Waals surface area contributed by atoms with Gasteiger partial charge in [-0.25, -0.2) is 0 Å². The van der Waals surface area contributed by atoms with E-state index in [1.807, 2.05) is 32.1 Å². The summed E-state index contributed by atoms with van der Waals surface area (Å²) in [4.78, 5) is 26.2. The van der Waals surface area contributed by atoms with Crippen LogP contribution in [0.15, 0.2) is 41.0 Å².